The van der Waals surface area contributed by atoms with Gasteiger partial charge in [0.05, 0.1) is 31.3 Å². The van der Waals surface area contributed by atoms with E-state index < -0.39 is 33.8 Å². The van der Waals surface area contributed by atoms with Crippen LogP contribution >= 0.6 is 0 Å². The number of fused-ring (bicyclic) bond motifs is 1. The fraction of sp³-hybridized carbons (Fsp3) is 0.300. The Kier molecular flexibility index (Phi) is 8.12. The first-order chi connectivity index (χ1) is 19.2. The number of H-pyrrole nitrogens is 1. The van der Waals surface area contributed by atoms with Crippen molar-refractivity contribution >= 4 is 32.5 Å². The Morgan fingerprint density at radius 1 is 1.00 bits per heavy atom. The van der Waals surface area contributed by atoms with Gasteiger partial charge in [-0.25, -0.2) is 13.2 Å². The summed E-state index contributed by atoms with van der Waals surface area (Å²) in [5.41, 5.74) is 1.92. The van der Waals surface area contributed by atoms with E-state index in [1.54, 1.807) is 32.2 Å². The van der Waals surface area contributed by atoms with Crippen LogP contribution in [0.4, 0.5) is 5.69 Å². The standard InChI is InChI=1S/C30H33N3O7S/c1-7-40-27(35)18-33(41(6,37)38)22-11-10-19-14-21(9-8-20(19)15-22)24-16-23(32-13-12-26(34)31-29(32)36)17-25(28(24)39-5)30(2,3)4/h8-17H,7,18H2,1-6H3,(H,31,34,36). The minimum absolute atomic E-state index is 0.148. The number of nitrogens with one attached hydrogen (secondary N) is 1. The van der Waals surface area contributed by atoms with E-state index in [-0.39, 0.29) is 12.0 Å². The average Bonchev–Trinajstić information content (AvgIpc) is 2.89. The molecule has 3 aromatic carbocycles. The van der Waals surface area contributed by atoms with Gasteiger partial charge in [-0.05, 0) is 59.0 Å². The predicted octanol–water partition coefficient (Wildman–Crippen LogP) is 3.98. The highest BCUT2D eigenvalue weighted by Crippen LogP contribution is 2.42. The highest BCUT2D eigenvalue weighted by atomic mass is 32.2. The maximum atomic E-state index is 12.6. The highest BCUT2D eigenvalue weighted by Gasteiger charge is 2.25. The monoisotopic (exact) mass is 579 g/mol. The number of hydrogen-bond donors (Lipinski definition) is 1. The zero-order chi connectivity index (χ0) is 30.1. The van der Waals surface area contributed by atoms with E-state index in [2.05, 4.69) is 4.98 Å². The number of anilines is 1. The van der Waals surface area contributed by atoms with Crippen LogP contribution in [0.2, 0.25) is 0 Å². The van der Waals surface area contributed by atoms with Gasteiger partial charge in [0.2, 0.25) is 10.0 Å². The SMILES string of the molecule is CCOC(=O)CN(c1ccc2cc(-c3cc(-n4ccc(=O)[nH]c4=O)cc(C(C)(C)C)c3OC)ccc2c1)S(C)(=O)=O. The minimum Gasteiger partial charge on any atom is -0.496 e. The fourth-order valence-electron chi connectivity index (χ4n) is 4.64. The molecule has 0 aliphatic heterocycles. The van der Waals surface area contributed by atoms with Crippen molar-refractivity contribution in [3.63, 3.8) is 0 Å². The number of carbonyl (C=O) groups excluding carboxylic acids is 1. The van der Waals surface area contributed by atoms with Crippen molar-refractivity contribution in [2.45, 2.75) is 33.1 Å². The van der Waals surface area contributed by atoms with Gasteiger partial charge in [0.15, 0.2) is 0 Å². The second-order valence-corrected chi connectivity index (χ2v) is 12.5. The van der Waals surface area contributed by atoms with Crippen molar-refractivity contribution in [1.29, 1.82) is 0 Å². The predicted molar refractivity (Wildman–Crippen MR) is 160 cm³/mol. The van der Waals surface area contributed by atoms with Crippen LogP contribution in [0, 0.1) is 0 Å². The van der Waals surface area contributed by atoms with Crippen molar-refractivity contribution in [3.05, 3.63) is 87.2 Å². The summed E-state index contributed by atoms with van der Waals surface area (Å²) in [4.78, 5) is 38.7. The lowest BCUT2D eigenvalue weighted by molar-refractivity contribution is -0.141. The van der Waals surface area contributed by atoms with E-state index in [9.17, 15) is 22.8 Å². The first-order valence-corrected chi connectivity index (χ1v) is 14.8. The lowest BCUT2D eigenvalue weighted by atomic mass is 9.83. The molecule has 11 heteroatoms. The number of aromatic nitrogens is 2. The lowest BCUT2D eigenvalue weighted by Crippen LogP contribution is -2.35. The molecular formula is C30H33N3O7S. The van der Waals surface area contributed by atoms with Gasteiger partial charge in [0.25, 0.3) is 5.56 Å². The molecule has 1 N–H and O–H groups in total. The minimum atomic E-state index is -3.75. The van der Waals surface area contributed by atoms with Gasteiger partial charge in [-0.2, -0.15) is 0 Å². The number of esters is 1. The molecule has 4 rings (SSSR count). The van der Waals surface area contributed by atoms with Crippen LogP contribution in [0.15, 0.2) is 70.4 Å². The molecule has 1 heterocycles. The zero-order valence-corrected chi connectivity index (χ0v) is 24.7. The van der Waals surface area contributed by atoms with Crippen LogP contribution in [0.5, 0.6) is 5.75 Å². The van der Waals surface area contributed by atoms with Crippen LogP contribution in [0.3, 0.4) is 0 Å². The summed E-state index contributed by atoms with van der Waals surface area (Å²) in [5, 5.41) is 1.58. The van der Waals surface area contributed by atoms with E-state index in [4.69, 9.17) is 9.47 Å². The van der Waals surface area contributed by atoms with Crippen molar-refractivity contribution in [2.24, 2.45) is 0 Å². The second-order valence-electron chi connectivity index (χ2n) is 10.6. The molecule has 0 unspecified atom stereocenters. The molecule has 0 radical (unpaired) electrons. The molecule has 10 nitrogen and oxygen atoms in total. The maximum Gasteiger partial charge on any atom is 0.332 e. The molecule has 1 aromatic heterocycles. The Balaban J connectivity index is 1.88. The Morgan fingerprint density at radius 2 is 1.68 bits per heavy atom. The molecule has 0 spiro atoms. The summed E-state index contributed by atoms with van der Waals surface area (Å²) in [5.74, 6) is 0.00368. The number of methoxy groups -OCH3 is 1. The molecule has 0 saturated carbocycles. The summed E-state index contributed by atoms with van der Waals surface area (Å²) >= 11 is 0. The molecule has 0 amide bonds. The van der Waals surface area contributed by atoms with Gasteiger partial charge < -0.3 is 9.47 Å². The quantitative estimate of drug-likeness (QED) is 0.313. The summed E-state index contributed by atoms with van der Waals surface area (Å²) in [6.07, 6.45) is 2.48. The topological polar surface area (TPSA) is 128 Å². The van der Waals surface area contributed by atoms with Crippen molar-refractivity contribution in [2.75, 3.05) is 30.8 Å². The maximum absolute atomic E-state index is 12.6. The van der Waals surface area contributed by atoms with Crippen LogP contribution in [-0.2, 0) is 25.0 Å². The molecule has 4 aromatic rings. The number of ether oxygens (including phenoxy) is 2. The van der Waals surface area contributed by atoms with Gasteiger partial charge in [-0.1, -0.05) is 39.0 Å². The van der Waals surface area contributed by atoms with Crippen LogP contribution in [0.1, 0.15) is 33.3 Å². The van der Waals surface area contributed by atoms with E-state index in [1.807, 2.05) is 51.1 Å². The molecule has 0 fully saturated rings. The highest BCUT2D eigenvalue weighted by molar-refractivity contribution is 7.92. The smallest absolute Gasteiger partial charge is 0.332 e. The molecule has 0 aliphatic carbocycles. The summed E-state index contributed by atoms with van der Waals surface area (Å²) in [7, 11) is -2.16. The Bertz CT molecular complexity index is 1850. The number of aromatic amines is 1. The van der Waals surface area contributed by atoms with Crippen molar-refractivity contribution in [3.8, 4) is 22.6 Å². The molecule has 41 heavy (non-hydrogen) atoms. The summed E-state index contributed by atoms with van der Waals surface area (Å²) < 4.78 is 38.2. The number of nitrogens with zero attached hydrogens (tertiary/aromatic N) is 2. The first-order valence-electron chi connectivity index (χ1n) is 13.0. The Hall–Kier alpha value is -4.38. The largest absolute Gasteiger partial charge is 0.496 e. The molecule has 216 valence electrons. The van der Waals surface area contributed by atoms with Crippen LogP contribution in [-0.4, -0.2) is 50.5 Å². The number of benzene rings is 3. The van der Waals surface area contributed by atoms with E-state index in [1.165, 1.54) is 16.8 Å². The number of hydrogen-bond acceptors (Lipinski definition) is 7. The molecule has 0 atom stereocenters. The van der Waals surface area contributed by atoms with Gasteiger partial charge in [0.1, 0.15) is 12.3 Å². The van der Waals surface area contributed by atoms with Crippen molar-refractivity contribution < 1.29 is 22.7 Å². The lowest BCUT2D eigenvalue weighted by Gasteiger charge is -2.26. The third-order valence-corrected chi connectivity index (χ3v) is 7.73. The molecule has 0 bridgehead atoms. The van der Waals surface area contributed by atoms with E-state index in [0.29, 0.717) is 17.1 Å². The number of sulfonamides is 1. The van der Waals surface area contributed by atoms with Gasteiger partial charge in [0, 0.05) is 23.4 Å². The second kappa shape index (κ2) is 11.2. The van der Waals surface area contributed by atoms with Crippen LogP contribution in [0.25, 0.3) is 27.6 Å². The number of rotatable bonds is 8. The molecular weight excluding hydrogens is 546 g/mol. The molecule has 0 saturated heterocycles. The van der Waals surface area contributed by atoms with Crippen LogP contribution < -0.4 is 20.3 Å². The zero-order valence-electron chi connectivity index (χ0n) is 23.8. The fourth-order valence-corrected chi connectivity index (χ4v) is 5.48. The van der Waals surface area contributed by atoms with E-state index in [0.717, 1.165) is 38.0 Å². The third-order valence-electron chi connectivity index (χ3n) is 6.59. The van der Waals surface area contributed by atoms with Crippen molar-refractivity contribution in [1.82, 2.24) is 9.55 Å². The summed E-state index contributed by atoms with van der Waals surface area (Å²) in [6.45, 7) is 7.50. The normalized spacial score (nSPS) is 11.9. The third kappa shape index (κ3) is 6.35. The van der Waals surface area contributed by atoms with Gasteiger partial charge in [-0.15, -0.1) is 0 Å². The Labute approximate surface area is 238 Å². The first kappa shape index (κ1) is 29.6. The Morgan fingerprint density at radius 3 is 2.29 bits per heavy atom. The van der Waals surface area contributed by atoms with Gasteiger partial charge >= 0.3 is 11.7 Å². The van der Waals surface area contributed by atoms with E-state index >= 15 is 0 Å². The number of carbonyl (C=O) groups is 1. The molecule has 0 aliphatic rings. The average molecular weight is 580 g/mol. The van der Waals surface area contributed by atoms with Gasteiger partial charge in [-0.3, -0.25) is 23.4 Å². The summed E-state index contributed by atoms with van der Waals surface area (Å²) in [6, 6.07) is 15.8.